The Kier molecular flexibility index (Phi) is 7.60. The molecular formula is C29H29N5O2. The minimum Gasteiger partial charge on any atom is -0.497 e. The molecule has 1 aromatic heterocycles. The molecule has 0 saturated heterocycles. The highest BCUT2D eigenvalue weighted by molar-refractivity contribution is 6.04. The Balaban J connectivity index is 1.51. The fraction of sp³-hybridized carbons (Fsp3) is 0.138. The number of hydrogen-bond acceptors (Lipinski definition) is 6. The number of nitrogens with zero attached hydrogens (tertiary/aromatic N) is 3. The van der Waals surface area contributed by atoms with Crippen LogP contribution in [0.1, 0.15) is 34.5 Å². The van der Waals surface area contributed by atoms with Crippen molar-refractivity contribution in [3.05, 3.63) is 115 Å². The molecule has 0 aliphatic rings. The molecule has 182 valence electrons. The summed E-state index contributed by atoms with van der Waals surface area (Å²) in [5.74, 6) is 1.63. The highest BCUT2D eigenvalue weighted by Crippen LogP contribution is 2.30. The number of rotatable bonds is 9. The SMILES string of the molecule is C=CN(c1ccnc(N[C@@H](C)c2ccccc2)n1)c1ccc(NC(=O)c2cccc(OC)c2)cc1C. The number of aryl methyl sites for hydroxylation is 1. The number of aromatic nitrogens is 2. The van der Waals surface area contributed by atoms with Crippen molar-refractivity contribution in [2.75, 3.05) is 22.6 Å². The zero-order valence-electron chi connectivity index (χ0n) is 20.6. The maximum absolute atomic E-state index is 12.7. The lowest BCUT2D eigenvalue weighted by atomic mass is 10.1. The number of benzene rings is 3. The monoisotopic (exact) mass is 479 g/mol. The highest BCUT2D eigenvalue weighted by atomic mass is 16.5. The van der Waals surface area contributed by atoms with Crippen LogP contribution in [0.15, 0.2) is 97.8 Å². The van der Waals surface area contributed by atoms with Crippen molar-refractivity contribution in [1.29, 1.82) is 0 Å². The third-order valence-electron chi connectivity index (χ3n) is 5.76. The molecule has 7 nitrogen and oxygen atoms in total. The predicted octanol–water partition coefficient (Wildman–Crippen LogP) is 6.50. The standard InChI is InChI=1S/C29H29N5O2/c1-5-34(27-16-17-30-29(33-27)31-21(3)22-10-7-6-8-11-22)26-15-14-24(18-20(26)2)32-28(35)23-12-9-13-25(19-23)36-4/h5-19,21H,1H2,2-4H3,(H,32,35)(H,30,31,33)/t21-/m0/s1. The molecule has 0 unspecified atom stereocenters. The van der Waals surface area contributed by atoms with Crippen LogP contribution in [0.4, 0.5) is 23.1 Å². The Morgan fingerprint density at radius 1 is 1.06 bits per heavy atom. The molecule has 1 heterocycles. The molecule has 7 heteroatoms. The zero-order valence-corrected chi connectivity index (χ0v) is 20.6. The molecule has 1 amide bonds. The fourth-order valence-corrected chi connectivity index (χ4v) is 3.86. The maximum Gasteiger partial charge on any atom is 0.255 e. The Hall–Kier alpha value is -4.65. The number of carbonyl (C=O) groups is 1. The van der Waals surface area contributed by atoms with Gasteiger partial charge in [0.1, 0.15) is 11.6 Å². The van der Waals surface area contributed by atoms with Crippen molar-refractivity contribution in [2.45, 2.75) is 19.9 Å². The molecule has 0 fully saturated rings. The van der Waals surface area contributed by atoms with Gasteiger partial charge in [-0.3, -0.25) is 4.79 Å². The minimum atomic E-state index is -0.208. The van der Waals surface area contributed by atoms with E-state index in [4.69, 9.17) is 9.72 Å². The predicted molar refractivity (Wildman–Crippen MR) is 145 cm³/mol. The van der Waals surface area contributed by atoms with E-state index in [1.54, 1.807) is 43.8 Å². The van der Waals surface area contributed by atoms with Crippen LogP contribution in [0.2, 0.25) is 0 Å². The van der Waals surface area contributed by atoms with E-state index in [0.29, 0.717) is 28.8 Å². The molecule has 0 radical (unpaired) electrons. The lowest BCUT2D eigenvalue weighted by Gasteiger charge is -2.23. The third-order valence-corrected chi connectivity index (χ3v) is 5.76. The van der Waals surface area contributed by atoms with Crippen LogP contribution >= 0.6 is 0 Å². The van der Waals surface area contributed by atoms with E-state index in [9.17, 15) is 4.79 Å². The summed E-state index contributed by atoms with van der Waals surface area (Å²) in [4.78, 5) is 23.7. The summed E-state index contributed by atoms with van der Waals surface area (Å²) in [6, 6.07) is 24.8. The van der Waals surface area contributed by atoms with E-state index >= 15 is 0 Å². The fourth-order valence-electron chi connectivity index (χ4n) is 3.86. The topological polar surface area (TPSA) is 79.4 Å². The highest BCUT2D eigenvalue weighted by Gasteiger charge is 2.14. The second-order valence-corrected chi connectivity index (χ2v) is 8.26. The number of nitrogens with one attached hydrogen (secondary N) is 2. The first-order valence-corrected chi connectivity index (χ1v) is 11.6. The molecule has 0 aliphatic heterocycles. The molecule has 0 spiro atoms. The summed E-state index contributed by atoms with van der Waals surface area (Å²) in [6.07, 6.45) is 3.43. The molecule has 0 bridgehead atoms. The van der Waals surface area contributed by atoms with Gasteiger partial charge in [0, 0.05) is 23.6 Å². The van der Waals surface area contributed by atoms with Gasteiger partial charge in [0.15, 0.2) is 0 Å². The number of hydrogen-bond donors (Lipinski definition) is 2. The second-order valence-electron chi connectivity index (χ2n) is 8.26. The Labute approximate surface area is 211 Å². The zero-order chi connectivity index (χ0) is 25.5. The summed E-state index contributed by atoms with van der Waals surface area (Å²) in [7, 11) is 1.57. The van der Waals surface area contributed by atoms with E-state index in [1.165, 1.54) is 0 Å². The normalized spacial score (nSPS) is 11.3. The molecule has 4 aromatic rings. The van der Waals surface area contributed by atoms with Gasteiger partial charge in [-0.05, 0) is 67.4 Å². The van der Waals surface area contributed by atoms with Gasteiger partial charge in [0.05, 0.1) is 18.8 Å². The largest absolute Gasteiger partial charge is 0.497 e. The van der Waals surface area contributed by atoms with Gasteiger partial charge in [-0.25, -0.2) is 4.98 Å². The average molecular weight is 480 g/mol. The first-order valence-electron chi connectivity index (χ1n) is 11.6. The number of anilines is 4. The molecule has 0 aliphatic carbocycles. The molecule has 2 N–H and O–H groups in total. The van der Waals surface area contributed by atoms with Crippen molar-refractivity contribution in [2.24, 2.45) is 0 Å². The van der Waals surface area contributed by atoms with E-state index < -0.39 is 0 Å². The van der Waals surface area contributed by atoms with E-state index in [-0.39, 0.29) is 11.9 Å². The van der Waals surface area contributed by atoms with Crippen LogP contribution in [0.3, 0.4) is 0 Å². The van der Waals surface area contributed by atoms with Gasteiger partial charge in [0.2, 0.25) is 5.95 Å². The van der Waals surface area contributed by atoms with E-state index in [2.05, 4.69) is 41.3 Å². The summed E-state index contributed by atoms with van der Waals surface area (Å²) in [5.41, 5.74) is 4.20. The van der Waals surface area contributed by atoms with Crippen LogP contribution < -0.4 is 20.3 Å². The summed E-state index contributed by atoms with van der Waals surface area (Å²) in [5, 5.41) is 6.30. The van der Waals surface area contributed by atoms with Gasteiger partial charge in [-0.1, -0.05) is 43.0 Å². The van der Waals surface area contributed by atoms with Gasteiger partial charge in [0.25, 0.3) is 5.91 Å². The van der Waals surface area contributed by atoms with Crippen molar-refractivity contribution in [1.82, 2.24) is 9.97 Å². The van der Waals surface area contributed by atoms with E-state index in [0.717, 1.165) is 16.8 Å². The molecular weight excluding hydrogens is 450 g/mol. The van der Waals surface area contributed by atoms with Crippen molar-refractivity contribution < 1.29 is 9.53 Å². The number of carbonyl (C=O) groups excluding carboxylic acids is 1. The third kappa shape index (κ3) is 5.70. The van der Waals surface area contributed by atoms with Crippen molar-refractivity contribution in [3.63, 3.8) is 0 Å². The number of methoxy groups -OCH3 is 1. The van der Waals surface area contributed by atoms with Crippen LogP contribution in [-0.2, 0) is 0 Å². The first kappa shape index (κ1) is 24.5. The smallest absolute Gasteiger partial charge is 0.255 e. The summed E-state index contributed by atoms with van der Waals surface area (Å²) >= 11 is 0. The van der Waals surface area contributed by atoms with Gasteiger partial charge in [-0.15, -0.1) is 0 Å². The molecule has 4 rings (SSSR count). The van der Waals surface area contributed by atoms with Crippen LogP contribution in [-0.4, -0.2) is 23.0 Å². The first-order chi connectivity index (χ1) is 17.5. The number of ether oxygens (including phenoxy) is 1. The van der Waals surface area contributed by atoms with E-state index in [1.807, 2.05) is 54.3 Å². The number of amides is 1. The van der Waals surface area contributed by atoms with Crippen molar-refractivity contribution >= 4 is 29.0 Å². The van der Waals surface area contributed by atoms with Crippen molar-refractivity contribution in [3.8, 4) is 5.75 Å². The lowest BCUT2D eigenvalue weighted by molar-refractivity contribution is 0.102. The second kappa shape index (κ2) is 11.2. The molecule has 1 atom stereocenters. The Morgan fingerprint density at radius 3 is 2.58 bits per heavy atom. The summed E-state index contributed by atoms with van der Waals surface area (Å²) in [6.45, 7) is 8.03. The average Bonchev–Trinajstić information content (AvgIpc) is 2.91. The molecule has 36 heavy (non-hydrogen) atoms. The Bertz CT molecular complexity index is 1360. The Morgan fingerprint density at radius 2 is 1.86 bits per heavy atom. The van der Waals surface area contributed by atoms with Crippen LogP contribution in [0.25, 0.3) is 0 Å². The molecule has 0 saturated carbocycles. The lowest BCUT2D eigenvalue weighted by Crippen LogP contribution is -2.15. The van der Waals surface area contributed by atoms with Gasteiger partial charge >= 0.3 is 0 Å². The maximum atomic E-state index is 12.7. The minimum absolute atomic E-state index is 0.0489. The molecule has 3 aromatic carbocycles. The van der Waals surface area contributed by atoms with Crippen LogP contribution in [0.5, 0.6) is 5.75 Å². The van der Waals surface area contributed by atoms with Crippen LogP contribution in [0, 0.1) is 6.92 Å². The summed E-state index contributed by atoms with van der Waals surface area (Å²) < 4.78 is 5.21. The van der Waals surface area contributed by atoms with Gasteiger partial charge < -0.3 is 20.3 Å². The quantitative estimate of drug-likeness (QED) is 0.285. The van der Waals surface area contributed by atoms with Gasteiger partial charge in [-0.2, -0.15) is 4.98 Å².